The van der Waals surface area contributed by atoms with E-state index in [9.17, 15) is 9.18 Å². The summed E-state index contributed by atoms with van der Waals surface area (Å²) >= 11 is 5.66. The van der Waals surface area contributed by atoms with Crippen LogP contribution in [0, 0.1) is 19.7 Å². The van der Waals surface area contributed by atoms with Gasteiger partial charge in [-0.1, -0.05) is 11.6 Å². The van der Waals surface area contributed by atoms with Crippen molar-refractivity contribution in [1.29, 1.82) is 0 Å². The zero-order valence-electron chi connectivity index (χ0n) is 11.3. The Morgan fingerprint density at radius 3 is 2.80 bits per heavy atom. The molecule has 0 saturated heterocycles. The number of anilines is 1. The van der Waals surface area contributed by atoms with Crippen LogP contribution < -0.4 is 9.88 Å². The largest absolute Gasteiger partial charge is 0.318 e. The summed E-state index contributed by atoms with van der Waals surface area (Å²) in [5.74, 6) is -0.832. The molecule has 2 rings (SSSR count). The van der Waals surface area contributed by atoms with Crippen molar-refractivity contribution in [3.8, 4) is 0 Å². The molecule has 0 saturated carbocycles. The Balaban J connectivity index is 2.11. The van der Waals surface area contributed by atoms with Crippen LogP contribution >= 0.6 is 11.6 Å². The van der Waals surface area contributed by atoms with Crippen molar-refractivity contribution < 1.29 is 13.8 Å². The summed E-state index contributed by atoms with van der Waals surface area (Å²) in [5, 5.41) is 2.83. The zero-order chi connectivity index (χ0) is 14.7. The Bertz CT molecular complexity index is 658. The highest BCUT2D eigenvalue weighted by molar-refractivity contribution is 6.30. The number of aromatic nitrogens is 1. The van der Waals surface area contributed by atoms with Gasteiger partial charge in [0.1, 0.15) is 5.82 Å². The molecule has 0 atom stereocenters. The summed E-state index contributed by atoms with van der Waals surface area (Å²) in [6.07, 6.45) is 1.82. The van der Waals surface area contributed by atoms with Gasteiger partial charge in [-0.2, -0.15) is 4.57 Å². The third kappa shape index (κ3) is 3.33. The van der Waals surface area contributed by atoms with Gasteiger partial charge in [0.05, 0.1) is 5.69 Å². The van der Waals surface area contributed by atoms with Crippen LogP contribution in [-0.2, 0) is 11.3 Å². The smallest absolute Gasteiger partial charge is 0.290 e. The number of nitrogens with zero attached hydrogens (tertiary/aromatic N) is 1. The summed E-state index contributed by atoms with van der Waals surface area (Å²) in [7, 11) is 0. The quantitative estimate of drug-likeness (QED) is 0.867. The first-order chi connectivity index (χ1) is 9.47. The molecule has 1 aromatic carbocycles. The molecule has 20 heavy (non-hydrogen) atoms. The van der Waals surface area contributed by atoms with Crippen molar-refractivity contribution in [3.05, 3.63) is 58.6 Å². The second-order valence-electron chi connectivity index (χ2n) is 4.58. The number of carbonyl (C=O) groups excluding carboxylic acids is 1. The predicted octanol–water partition coefficient (Wildman–Crippen LogP) is 3.02. The number of carbonyl (C=O) groups is 1. The van der Waals surface area contributed by atoms with Gasteiger partial charge in [-0.25, -0.2) is 4.39 Å². The molecule has 0 aliphatic rings. The first kappa shape index (κ1) is 14.5. The average molecular weight is 294 g/mol. The molecule has 0 unspecified atom stereocenters. The molecule has 1 heterocycles. The van der Waals surface area contributed by atoms with E-state index in [0.29, 0.717) is 5.02 Å². The molecular formula is C15H15ClFN2O+. The Morgan fingerprint density at radius 2 is 2.10 bits per heavy atom. The normalized spacial score (nSPS) is 10.4. The van der Waals surface area contributed by atoms with Gasteiger partial charge in [0.25, 0.3) is 5.91 Å². The fourth-order valence-corrected chi connectivity index (χ4v) is 2.02. The van der Waals surface area contributed by atoms with Gasteiger partial charge in [-0.05, 0) is 31.2 Å². The summed E-state index contributed by atoms with van der Waals surface area (Å²) in [5.41, 5.74) is 2.22. The van der Waals surface area contributed by atoms with Gasteiger partial charge in [-0.3, -0.25) is 4.79 Å². The zero-order valence-corrected chi connectivity index (χ0v) is 12.0. The summed E-state index contributed by atoms with van der Waals surface area (Å²) < 4.78 is 15.4. The molecule has 1 N–H and O–H groups in total. The molecule has 1 aromatic heterocycles. The average Bonchev–Trinajstić information content (AvgIpc) is 2.38. The SMILES string of the molecule is Cc1ccc[n+](CC(=O)Nc2ccc(Cl)cc2F)c1C. The molecule has 0 aliphatic carbocycles. The van der Waals surface area contributed by atoms with Crippen LogP contribution in [0.15, 0.2) is 36.5 Å². The fraction of sp³-hybridized carbons (Fsp3) is 0.200. The third-order valence-electron chi connectivity index (χ3n) is 3.13. The summed E-state index contributed by atoms with van der Waals surface area (Å²) in [6, 6.07) is 8.00. The van der Waals surface area contributed by atoms with Crippen molar-refractivity contribution in [1.82, 2.24) is 0 Å². The van der Waals surface area contributed by atoms with E-state index < -0.39 is 5.82 Å². The molecule has 0 fully saturated rings. The molecule has 1 amide bonds. The third-order valence-corrected chi connectivity index (χ3v) is 3.37. The lowest BCUT2D eigenvalue weighted by Crippen LogP contribution is -2.43. The molecule has 0 bridgehead atoms. The Kier molecular flexibility index (Phi) is 4.35. The minimum Gasteiger partial charge on any atom is -0.318 e. The van der Waals surface area contributed by atoms with Gasteiger partial charge >= 0.3 is 0 Å². The number of hydrogen-bond acceptors (Lipinski definition) is 1. The highest BCUT2D eigenvalue weighted by atomic mass is 35.5. The van der Waals surface area contributed by atoms with E-state index in [1.165, 1.54) is 18.2 Å². The fourth-order valence-electron chi connectivity index (χ4n) is 1.86. The second kappa shape index (κ2) is 6.01. The lowest BCUT2D eigenvalue weighted by atomic mass is 10.2. The lowest BCUT2D eigenvalue weighted by Gasteiger charge is -2.06. The maximum atomic E-state index is 13.6. The number of amides is 1. The van der Waals surface area contributed by atoms with Crippen LogP contribution in [0.25, 0.3) is 0 Å². The van der Waals surface area contributed by atoms with E-state index in [1.807, 2.05) is 36.7 Å². The molecule has 0 radical (unpaired) electrons. The topological polar surface area (TPSA) is 33.0 Å². The highest BCUT2D eigenvalue weighted by Crippen LogP contribution is 2.18. The molecule has 3 nitrogen and oxygen atoms in total. The number of benzene rings is 1. The van der Waals surface area contributed by atoms with E-state index >= 15 is 0 Å². The Hall–Kier alpha value is -1.94. The van der Waals surface area contributed by atoms with Crippen LogP contribution in [-0.4, -0.2) is 5.91 Å². The Labute approximate surface area is 122 Å². The number of rotatable bonds is 3. The second-order valence-corrected chi connectivity index (χ2v) is 5.01. The van der Waals surface area contributed by atoms with Gasteiger partial charge in [0.15, 0.2) is 11.9 Å². The van der Waals surface area contributed by atoms with Crippen LogP contribution in [0.1, 0.15) is 11.3 Å². The molecule has 0 spiro atoms. The van der Waals surface area contributed by atoms with E-state index in [1.54, 1.807) is 0 Å². The standard InChI is InChI=1S/C15H14ClFN2O/c1-10-4-3-7-19(11(10)2)9-15(20)18-14-6-5-12(16)8-13(14)17/h3-8H,9H2,1-2H3/p+1. The molecular weight excluding hydrogens is 279 g/mol. The van der Waals surface area contributed by atoms with Crippen LogP contribution in [0.2, 0.25) is 5.02 Å². The van der Waals surface area contributed by atoms with Crippen molar-refractivity contribution in [2.45, 2.75) is 20.4 Å². The first-order valence-electron chi connectivity index (χ1n) is 6.18. The first-order valence-corrected chi connectivity index (χ1v) is 6.56. The summed E-state index contributed by atoms with van der Waals surface area (Å²) in [6.45, 7) is 4.05. The molecule has 5 heteroatoms. The highest BCUT2D eigenvalue weighted by Gasteiger charge is 2.15. The van der Waals surface area contributed by atoms with E-state index in [0.717, 1.165) is 11.3 Å². The van der Waals surface area contributed by atoms with Crippen molar-refractivity contribution in [2.24, 2.45) is 0 Å². The maximum absolute atomic E-state index is 13.6. The van der Waals surface area contributed by atoms with Gasteiger partial charge in [0, 0.05) is 23.6 Å². The van der Waals surface area contributed by atoms with Crippen LogP contribution in [0.4, 0.5) is 10.1 Å². The maximum Gasteiger partial charge on any atom is 0.290 e. The van der Waals surface area contributed by atoms with Crippen molar-refractivity contribution in [3.63, 3.8) is 0 Å². The monoisotopic (exact) mass is 293 g/mol. The van der Waals surface area contributed by atoms with E-state index in [2.05, 4.69) is 5.32 Å². The number of halogens is 2. The predicted molar refractivity (Wildman–Crippen MR) is 76.2 cm³/mol. The number of aryl methyl sites for hydroxylation is 1. The van der Waals surface area contributed by atoms with Gasteiger partial charge < -0.3 is 5.32 Å². The molecule has 104 valence electrons. The minimum absolute atomic E-state index is 0.130. The lowest BCUT2D eigenvalue weighted by molar-refractivity contribution is -0.690. The molecule has 0 aliphatic heterocycles. The van der Waals surface area contributed by atoms with Gasteiger partial charge in [0.2, 0.25) is 6.54 Å². The van der Waals surface area contributed by atoms with E-state index in [-0.39, 0.29) is 18.1 Å². The number of nitrogens with one attached hydrogen (secondary N) is 1. The van der Waals surface area contributed by atoms with Crippen molar-refractivity contribution in [2.75, 3.05) is 5.32 Å². The Morgan fingerprint density at radius 1 is 1.35 bits per heavy atom. The van der Waals surface area contributed by atoms with Crippen molar-refractivity contribution >= 4 is 23.2 Å². The van der Waals surface area contributed by atoms with Crippen LogP contribution in [0.5, 0.6) is 0 Å². The van der Waals surface area contributed by atoms with Crippen LogP contribution in [0.3, 0.4) is 0 Å². The number of hydrogen-bond donors (Lipinski definition) is 1. The van der Waals surface area contributed by atoms with E-state index in [4.69, 9.17) is 11.6 Å². The molecule has 2 aromatic rings. The summed E-state index contributed by atoms with van der Waals surface area (Å²) in [4.78, 5) is 12.0. The minimum atomic E-state index is -0.545. The van der Waals surface area contributed by atoms with Gasteiger partial charge in [-0.15, -0.1) is 0 Å². The number of pyridine rings is 1.